The van der Waals surface area contributed by atoms with Crippen LogP contribution in [0.4, 0.5) is 24.5 Å². The van der Waals surface area contributed by atoms with Gasteiger partial charge in [0.2, 0.25) is 0 Å². The third-order valence-electron chi connectivity index (χ3n) is 3.82. The monoisotopic (exact) mass is 302 g/mol. The van der Waals surface area contributed by atoms with E-state index < -0.39 is 23.8 Å². The largest absolute Gasteiger partial charge is 0.467 e. The fraction of sp³-hybridized carbons (Fsp3) is 0.500. The Morgan fingerprint density at radius 1 is 1.43 bits per heavy atom. The Hall–Kier alpha value is -1.92. The number of rotatable bonds is 2. The van der Waals surface area contributed by atoms with Crippen LogP contribution in [0.25, 0.3) is 0 Å². The van der Waals surface area contributed by atoms with E-state index >= 15 is 0 Å². The molecule has 4 nitrogen and oxygen atoms in total. The average molecular weight is 302 g/mol. The summed E-state index contributed by atoms with van der Waals surface area (Å²) >= 11 is 0. The van der Waals surface area contributed by atoms with Crippen LogP contribution < -0.4 is 10.6 Å². The summed E-state index contributed by atoms with van der Waals surface area (Å²) in [5.74, 6) is -0.422. The number of halogens is 3. The number of anilines is 2. The lowest BCUT2D eigenvalue weighted by Crippen LogP contribution is -2.40. The van der Waals surface area contributed by atoms with Crippen molar-refractivity contribution in [1.29, 1.82) is 0 Å². The quantitative estimate of drug-likeness (QED) is 0.674. The Labute approximate surface area is 120 Å². The first-order chi connectivity index (χ1) is 9.75. The second-order valence-corrected chi connectivity index (χ2v) is 5.20. The van der Waals surface area contributed by atoms with Crippen LogP contribution in [-0.4, -0.2) is 25.7 Å². The third-order valence-corrected chi connectivity index (χ3v) is 3.82. The third kappa shape index (κ3) is 2.91. The highest BCUT2D eigenvalue weighted by Gasteiger charge is 2.39. The fourth-order valence-corrected chi connectivity index (χ4v) is 2.69. The molecule has 116 valence electrons. The maximum Gasteiger partial charge on any atom is 0.418 e. The van der Waals surface area contributed by atoms with Gasteiger partial charge in [-0.3, -0.25) is 0 Å². The lowest BCUT2D eigenvalue weighted by molar-refractivity contribution is -0.142. The molecule has 2 atom stereocenters. The van der Waals surface area contributed by atoms with Crippen molar-refractivity contribution in [2.24, 2.45) is 5.92 Å². The maximum absolute atomic E-state index is 12.9. The highest BCUT2D eigenvalue weighted by molar-refractivity contribution is 5.81. The number of esters is 1. The van der Waals surface area contributed by atoms with Crippen molar-refractivity contribution < 1.29 is 22.7 Å². The van der Waals surface area contributed by atoms with Crippen LogP contribution in [0.1, 0.15) is 18.9 Å². The van der Waals surface area contributed by atoms with Gasteiger partial charge in [-0.2, -0.15) is 13.2 Å². The average Bonchev–Trinajstić information content (AvgIpc) is 2.79. The molecule has 7 heteroatoms. The van der Waals surface area contributed by atoms with E-state index in [0.29, 0.717) is 18.7 Å². The second kappa shape index (κ2) is 5.46. The molecule has 0 amide bonds. The molecule has 1 saturated heterocycles. The van der Waals surface area contributed by atoms with Crippen molar-refractivity contribution >= 4 is 17.3 Å². The van der Waals surface area contributed by atoms with E-state index in [-0.39, 0.29) is 11.6 Å². The van der Waals surface area contributed by atoms with Gasteiger partial charge in [-0.05, 0) is 30.5 Å². The number of hydrogen-bond donors (Lipinski definition) is 1. The van der Waals surface area contributed by atoms with Crippen LogP contribution in [0.3, 0.4) is 0 Å². The Kier molecular flexibility index (Phi) is 4.02. The minimum atomic E-state index is -4.52. The highest BCUT2D eigenvalue weighted by atomic mass is 19.4. The summed E-state index contributed by atoms with van der Waals surface area (Å²) in [6, 6.07) is 3.14. The van der Waals surface area contributed by atoms with Gasteiger partial charge in [0, 0.05) is 17.9 Å². The Morgan fingerprint density at radius 2 is 2.10 bits per heavy atom. The summed E-state index contributed by atoms with van der Waals surface area (Å²) in [7, 11) is 1.27. The summed E-state index contributed by atoms with van der Waals surface area (Å²) in [5, 5.41) is 0. The van der Waals surface area contributed by atoms with Gasteiger partial charge in [-0.25, -0.2) is 4.79 Å². The van der Waals surface area contributed by atoms with E-state index in [1.54, 1.807) is 4.90 Å². The molecule has 1 aromatic rings. The predicted molar refractivity (Wildman–Crippen MR) is 72.8 cm³/mol. The molecule has 2 rings (SSSR count). The summed E-state index contributed by atoms with van der Waals surface area (Å²) in [6.45, 7) is 2.38. The number of alkyl halides is 3. The SMILES string of the molecule is COC(=O)[C@@H]1[C@@H](C)CCN1c1ccc(N)c(C(F)(F)F)c1. The van der Waals surface area contributed by atoms with Gasteiger partial charge in [0.25, 0.3) is 0 Å². The minimum absolute atomic E-state index is 0.0179. The number of methoxy groups -OCH3 is 1. The van der Waals surface area contributed by atoms with Crippen LogP contribution in [0.2, 0.25) is 0 Å². The van der Waals surface area contributed by atoms with E-state index in [1.165, 1.54) is 19.2 Å². The number of carbonyl (C=O) groups is 1. The smallest absolute Gasteiger partial charge is 0.418 e. The van der Waals surface area contributed by atoms with Crippen LogP contribution in [0, 0.1) is 5.92 Å². The van der Waals surface area contributed by atoms with Crippen molar-refractivity contribution in [3.05, 3.63) is 23.8 Å². The zero-order chi connectivity index (χ0) is 15.8. The van der Waals surface area contributed by atoms with Crippen LogP contribution >= 0.6 is 0 Å². The number of hydrogen-bond acceptors (Lipinski definition) is 4. The molecular weight excluding hydrogens is 285 g/mol. The lowest BCUT2D eigenvalue weighted by Gasteiger charge is -2.27. The number of carbonyl (C=O) groups excluding carboxylic acids is 1. The number of nitrogen functional groups attached to an aromatic ring is 1. The zero-order valence-corrected chi connectivity index (χ0v) is 11.8. The lowest BCUT2D eigenvalue weighted by atomic mass is 10.0. The molecule has 21 heavy (non-hydrogen) atoms. The zero-order valence-electron chi connectivity index (χ0n) is 11.8. The molecular formula is C14H17F3N2O2. The standard InChI is InChI=1S/C14H17F3N2O2/c1-8-5-6-19(12(8)13(20)21-2)9-3-4-11(18)10(7-9)14(15,16)17/h3-4,7-8,12H,5-6,18H2,1-2H3/t8-,12-/m0/s1. The van der Waals surface area contributed by atoms with Crippen molar-refractivity contribution in [1.82, 2.24) is 0 Å². The Balaban J connectivity index is 2.40. The van der Waals surface area contributed by atoms with E-state index in [1.807, 2.05) is 6.92 Å². The first kappa shape index (κ1) is 15.5. The molecule has 0 aliphatic carbocycles. The van der Waals surface area contributed by atoms with Crippen molar-refractivity contribution in [2.45, 2.75) is 25.6 Å². The number of benzene rings is 1. The summed E-state index contributed by atoms with van der Waals surface area (Å²) < 4.78 is 43.5. The molecule has 1 fully saturated rings. The van der Waals surface area contributed by atoms with E-state index in [0.717, 1.165) is 6.07 Å². The molecule has 1 heterocycles. The van der Waals surface area contributed by atoms with E-state index in [9.17, 15) is 18.0 Å². The van der Waals surface area contributed by atoms with Crippen LogP contribution in [-0.2, 0) is 15.7 Å². The number of ether oxygens (including phenoxy) is 1. The van der Waals surface area contributed by atoms with Crippen molar-refractivity contribution in [3.63, 3.8) is 0 Å². The van der Waals surface area contributed by atoms with Gasteiger partial charge in [-0.1, -0.05) is 6.92 Å². The van der Waals surface area contributed by atoms with Gasteiger partial charge >= 0.3 is 12.1 Å². The molecule has 0 bridgehead atoms. The van der Waals surface area contributed by atoms with Gasteiger partial charge in [0.1, 0.15) is 6.04 Å². The molecule has 0 unspecified atom stereocenters. The summed E-state index contributed by atoms with van der Waals surface area (Å²) in [4.78, 5) is 13.5. The minimum Gasteiger partial charge on any atom is -0.467 e. The molecule has 1 aromatic carbocycles. The molecule has 0 aromatic heterocycles. The molecule has 0 spiro atoms. The fourth-order valence-electron chi connectivity index (χ4n) is 2.69. The topological polar surface area (TPSA) is 55.6 Å². The molecule has 0 radical (unpaired) electrons. The molecule has 2 N–H and O–H groups in total. The highest BCUT2D eigenvalue weighted by Crippen LogP contribution is 2.38. The Bertz CT molecular complexity index is 546. The van der Waals surface area contributed by atoms with E-state index in [2.05, 4.69) is 0 Å². The molecule has 1 aliphatic heterocycles. The van der Waals surface area contributed by atoms with E-state index in [4.69, 9.17) is 10.5 Å². The number of nitrogens with zero attached hydrogens (tertiary/aromatic N) is 1. The van der Waals surface area contributed by atoms with Crippen LogP contribution in [0.5, 0.6) is 0 Å². The van der Waals surface area contributed by atoms with Gasteiger partial charge in [0.05, 0.1) is 12.7 Å². The Morgan fingerprint density at radius 3 is 2.67 bits per heavy atom. The first-order valence-electron chi connectivity index (χ1n) is 6.57. The molecule has 0 saturated carbocycles. The second-order valence-electron chi connectivity index (χ2n) is 5.20. The van der Waals surface area contributed by atoms with Gasteiger partial charge < -0.3 is 15.4 Å². The molecule has 1 aliphatic rings. The predicted octanol–water partition coefficient (Wildman–Crippen LogP) is 2.68. The van der Waals surface area contributed by atoms with Crippen molar-refractivity contribution in [3.8, 4) is 0 Å². The van der Waals surface area contributed by atoms with Gasteiger partial charge in [-0.15, -0.1) is 0 Å². The maximum atomic E-state index is 12.9. The van der Waals surface area contributed by atoms with Crippen molar-refractivity contribution in [2.75, 3.05) is 24.3 Å². The summed E-state index contributed by atoms with van der Waals surface area (Å²) in [5.41, 5.74) is 4.51. The first-order valence-corrected chi connectivity index (χ1v) is 6.57. The number of nitrogens with two attached hydrogens (primary N) is 1. The summed E-state index contributed by atoms with van der Waals surface area (Å²) in [6.07, 6.45) is -3.81. The van der Waals surface area contributed by atoms with Crippen LogP contribution in [0.15, 0.2) is 18.2 Å². The normalized spacial score (nSPS) is 22.4. The van der Waals surface area contributed by atoms with Gasteiger partial charge in [0.15, 0.2) is 0 Å².